The predicted octanol–water partition coefficient (Wildman–Crippen LogP) is 9.69. The number of carbonyl (C=O) groups is 3. The van der Waals surface area contributed by atoms with Gasteiger partial charge in [-0.3, -0.25) is 9.59 Å². The Morgan fingerprint density at radius 1 is 0.585 bits per heavy atom. The smallest absolute Gasteiger partial charge is 0.306 e. The van der Waals surface area contributed by atoms with Crippen LogP contribution < -0.4 is 5.11 Å². The molecule has 2 unspecified atom stereocenters. The van der Waals surface area contributed by atoms with Gasteiger partial charge in [-0.15, -0.1) is 0 Å². The van der Waals surface area contributed by atoms with Gasteiger partial charge in [0.05, 0.1) is 40.3 Å². The molecular weight excluding hydrogens is 666 g/mol. The van der Waals surface area contributed by atoms with Gasteiger partial charge in [0.2, 0.25) is 0 Å². The second kappa shape index (κ2) is 36.0. The van der Waals surface area contributed by atoms with Crippen LogP contribution in [0, 0.1) is 0 Å². The molecule has 0 bridgehead atoms. The van der Waals surface area contributed by atoms with Crippen molar-refractivity contribution >= 4 is 17.9 Å². The van der Waals surface area contributed by atoms with Crippen molar-refractivity contribution in [1.82, 2.24) is 0 Å². The van der Waals surface area contributed by atoms with E-state index < -0.39 is 18.1 Å². The number of carboxylic acid groups (broad SMARTS) is 1. The lowest BCUT2D eigenvalue weighted by atomic mass is 10.1. The Morgan fingerprint density at radius 2 is 1.09 bits per heavy atom. The van der Waals surface area contributed by atoms with E-state index in [9.17, 15) is 19.5 Å². The number of aliphatic carboxylic acids is 1. The van der Waals surface area contributed by atoms with Crippen molar-refractivity contribution in [3.05, 3.63) is 60.8 Å². The van der Waals surface area contributed by atoms with E-state index in [-0.39, 0.29) is 49.1 Å². The highest BCUT2D eigenvalue weighted by Crippen LogP contribution is 2.12. The fourth-order valence-electron chi connectivity index (χ4n) is 5.67. The third-order valence-electron chi connectivity index (χ3n) is 8.90. The lowest BCUT2D eigenvalue weighted by Gasteiger charge is -2.34. The third kappa shape index (κ3) is 34.5. The lowest BCUT2D eigenvalue weighted by Crippen LogP contribution is -2.55. The molecule has 0 rings (SSSR count). The quantitative estimate of drug-likeness (QED) is 0.0273. The maximum atomic E-state index is 12.7. The number of esters is 2. The number of carbonyl (C=O) groups excluding carboxylic acids is 3. The molecule has 8 heteroatoms. The van der Waals surface area contributed by atoms with Gasteiger partial charge < -0.3 is 28.6 Å². The molecule has 53 heavy (non-hydrogen) atoms. The zero-order valence-electron chi connectivity index (χ0n) is 34.4. The van der Waals surface area contributed by atoms with Gasteiger partial charge in [0, 0.05) is 19.3 Å². The fourth-order valence-corrected chi connectivity index (χ4v) is 5.67. The Kier molecular flexibility index (Phi) is 34.0. The maximum Gasteiger partial charge on any atom is 0.306 e. The highest BCUT2D eigenvalue weighted by atomic mass is 16.6. The van der Waals surface area contributed by atoms with Gasteiger partial charge in [-0.05, 0) is 64.2 Å². The highest BCUT2D eigenvalue weighted by molar-refractivity contribution is 5.70. The van der Waals surface area contributed by atoms with Gasteiger partial charge in [-0.2, -0.15) is 0 Å². The van der Waals surface area contributed by atoms with E-state index in [0.717, 1.165) is 64.2 Å². The van der Waals surface area contributed by atoms with Gasteiger partial charge in [-0.25, -0.2) is 0 Å². The van der Waals surface area contributed by atoms with Crippen LogP contribution in [0.4, 0.5) is 0 Å². The molecule has 2 atom stereocenters. The molecule has 0 aliphatic rings. The first-order valence-corrected chi connectivity index (χ1v) is 20.8. The monoisotopic (exact) mass is 744 g/mol. The number of rotatable bonds is 36. The van der Waals surface area contributed by atoms with Crippen LogP contribution >= 0.6 is 0 Å². The molecule has 8 nitrogen and oxygen atoms in total. The minimum atomic E-state index is -1.14. The summed E-state index contributed by atoms with van der Waals surface area (Å²) in [6, 6.07) is -0.737. The number of allylic oxidation sites excluding steroid dienone is 10. The Labute approximate surface area is 324 Å². The number of hydrogen-bond donors (Lipinski definition) is 0. The van der Waals surface area contributed by atoms with E-state index >= 15 is 0 Å². The number of quaternary nitrogens is 1. The van der Waals surface area contributed by atoms with Gasteiger partial charge in [-0.1, -0.05) is 132 Å². The van der Waals surface area contributed by atoms with Crippen LogP contribution in [0.25, 0.3) is 0 Å². The summed E-state index contributed by atoms with van der Waals surface area (Å²) >= 11 is 0. The summed E-state index contributed by atoms with van der Waals surface area (Å²) < 4.78 is 17.0. The van der Waals surface area contributed by atoms with Crippen LogP contribution in [0.2, 0.25) is 0 Å². The molecule has 0 aliphatic carbocycles. The normalized spacial score (nSPS) is 13.6. The Hall–Kier alpha value is -2.97. The molecule has 0 saturated carbocycles. The van der Waals surface area contributed by atoms with E-state index in [1.807, 2.05) is 6.08 Å². The molecule has 0 radical (unpaired) electrons. The number of unbranched alkanes of at least 4 members (excludes halogenated alkanes) is 12. The standard InChI is InChI=1S/C45H77NO7/c1-6-8-10-12-14-16-18-20-21-22-24-26-28-30-32-34-36-44(48)53-41(39-51-38-37-42(45(49)50)46(3,4)5)40-52-43(47)35-33-31-29-27-25-23-19-17-15-13-11-9-7-2/h8,10,14,16,20-21,23,25,29,31,41-42H,6-7,9,11-13,15,17-19,22,24,26-28,30,32-40H2,1-5H3/b10-8+,16-14+,21-20+,25-23+,31-29+. The largest absolute Gasteiger partial charge is 0.544 e. The van der Waals surface area contributed by atoms with E-state index in [1.54, 1.807) is 21.1 Å². The van der Waals surface area contributed by atoms with Crippen molar-refractivity contribution in [1.29, 1.82) is 0 Å². The molecule has 0 saturated heterocycles. The molecule has 304 valence electrons. The van der Waals surface area contributed by atoms with Crippen molar-refractivity contribution in [2.24, 2.45) is 0 Å². The molecule has 0 N–H and O–H groups in total. The molecule has 0 aromatic carbocycles. The molecule has 0 amide bonds. The number of carboxylic acids is 1. The maximum absolute atomic E-state index is 12.7. The fraction of sp³-hybridized carbons (Fsp3) is 0.711. The molecule has 0 heterocycles. The van der Waals surface area contributed by atoms with Gasteiger partial charge >= 0.3 is 11.9 Å². The molecule has 0 aromatic rings. The van der Waals surface area contributed by atoms with Crippen molar-refractivity contribution < 1.29 is 38.2 Å². The topological polar surface area (TPSA) is 102 Å². The first kappa shape index (κ1) is 50.0. The van der Waals surface area contributed by atoms with E-state index in [2.05, 4.69) is 68.5 Å². The second-order valence-corrected chi connectivity index (χ2v) is 14.8. The first-order valence-electron chi connectivity index (χ1n) is 20.8. The summed E-state index contributed by atoms with van der Waals surface area (Å²) in [6.07, 6.45) is 42.6. The molecule has 0 aromatic heterocycles. The van der Waals surface area contributed by atoms with Crippen LogP contribution in [0.1, 0.15) is 155 Å². The number of hydrogen-bond acceptors (Lipinski definition) is 7. The van der Waals surface area contributed by atoms with Crippen molar-refractivity contribution in [2.45, 2.75) is 167 Å². The summed E-state index contributed by atoms with van der Waals surface area (Å²) in [6.45, 7) is 4.45. The van der Waals surface area contributed by atoms with Crippen LogP contribution in [0.3, 0.4) is 0 Å². The summed E-state index contributed by atoms with van der Waals surface area (Å²) in [4.78, 5) is 36.7. The summed E-state index contributed by atoms with van der Waals surface area (Å²) in [7, 11) is 5.38. The van der Waals surface area contributed by atoms with E-state index in [4.69, 9.17) is 14.2 Å². The van der Waals surface area contributed by atoms with Crippen molar-refractivity contribution in [3.8, 4) is 0 Å². The third-order valence-corrected chi connectivity index (χ3v) is 8.90. The number of nitrogens with zero attached hydrogens (tertiary/aromatic N) is 1. The lowest BCUT2D eigenvalue weighted by molar-refractivity contribution is -0.889. The van der Waals surface area contributed by atoms with Crippen LogP contribution in [0.15, 0.2) is 60.8 Å². The summed E-state index contributed by atoms with van der Waals surface area (Å²) in [5, 5.41) is 11.6. The minimum absolute atomic E-state index is 0.0158. The van der Waals surface area contributed by atoms with Crippen LogP contribution in [-0.4, -0.2) is 75.5 Å². The minimum Gasteiger partial charge on any atom is -0.544 e. The van der Waals surface area contributed by atoms with Gasteiger partial charge in [0.15, 0.2) is 6.10 Å². The first-order chi connectivity index (χ1) is 25.6. The molecule has 0 fully saturated rings. The van der Waals surface area contributed by atoms with E-state index in [0.29, 0.717) is 12.8 Å². The van der Waals surface area contributed by atoms with Gasteiger partial charge in [0.25, 0.3) is 0 Å². The predicted molar refractivity (Wildman–Crippen MR) is 217 cm³/mol. The van der Waals surface area contributed by atoms with Crippen molar-refractivity contribution in [2.75, 3.05) is 41.0 Å². The number of likely N-dealkylation sites (N-methyl/N-ethyl adjacent to an activating group) is 1. The molecule has 0 spiro atoms. The average Bonchev–Trinajstić information content (AvgIpc) is 3.11. The van der Waals surface area contributed by atoms with Crippen LogP contribution in [0.5, 0.6) is 0 Å². The zero-order chi connectivity index (χ0) is 39.3. The number of ether oxygens (including phenoxy) is 3. The summed E-state index contributed by atoms with van der Waals surface area (Å²) in [5.74, 6) is -1.84. The Bertz CT molecular complexity index is 1050. The zero-order valence-corrected chi connectivity index (χ0v) is 34.4. The molecular formula is C45H77NO7. The highest BCUT2D eigenvalue weighted by Gasteiger charge is 2.25. The van der Waals surface area contributed by atoms with Crippen LogP contribution in [-0.2, 0) is 28.6 Å². The summed E-state index contributed by atoms with van der Waals surface area (Å²) in [5.41, 5.74) is 0. The van der Waals surface area contributed by atoms with Gasteiger partial charge in [0.1, 0.15) is 12.6 Å². The van der Waals surface area contributed by atoms with Crippen molar-refractivity contribution in [3.63, 3.8) is 0 Å². The molecule has 0 aliphatic heterocycles. The second-order valence-electron chi connectivity index (χ2n) is 14.8. The Balaban J connectivity index is 4.48. The SMILES string of the molecule is CC/C=C/C/C=C/C/C=C/CCCCCCCCC(=O)OC(COCCC(C(=O)[O-])[N+](C)(C)C)COC(=O)CC/C=C/C/C=C/CCCCCCCC. The average molecular weight is 744 g/mol. The van der Waals surface area contributed by atoms with E-state index in [1.165, 1.54) is 51.4 Å². The Morgan fingerprint density at radius 3 is 1.64 bits per heavy atom.